The zero-order chi connectivity index (χ0) is 22.5. The summed E-state index contributed by atoms with van der Waals surface area (Å²) in [6.45, 7) is 0.425. The molecule has 0 aliphatic rings. The molecule has 3 aromatic carbocycles. The van der Waals surface area contributed by atoms with E-state index in [0.29, 0.717) is 30.4 Å². The Morgan fingerprint density at radius 2 is 1.61 bits per heavy atom. The minimum atomic E-state index is -0.279. The maximum absolute atomic E-state index is 12.6. The van der Waals surface area contributed by atoms with Crippen LogP contribution in [0, 0.1) is 0 Å². The SMILES string of the molecule is O=C(NCc1cccc2ccccc12)Nc1ccccc1Cc1nc(-c2ccncc2)no1. The van der Waals surface area contributed by atoms with Crippen LogP contribution in [0.1, 0.15) is 17.0 Å². The molecular formula is C26H21N5O2. The molecule has 0 radical (unpaired) electrons. The average Bonchev–Trinajstić information content (AvgIpc) is 3.33. The molecule has 2 N–H and O–H groups in total. The molecule has 0 aliphatic carbocycles. The third kappa shape index (κ3) is 4.72. The molecule has 0 unspecified atom stereocenters. The molecule has 162 valence electrons. The topological polar surface area (TPSA) is 92.9 Å². The molecule has 0 atom stereocenters. The summed E-state index contributed by atoms with van der Waals surface area (Å²) in [7, 11) is 0. The molecule has 0 saturated heterocycles. The van der Waals surface area contributed by atoms with Gasteiger partial charge in [-0.15, -0.1) is 0 Å². The fourth-order valence-corrected chi connectivity index (χ4v) is 3.69. The van der Waals surface area contributed by atoms with Gasteiger partial charge in [0.1, 0.15) is 0 Å². The number of carbonyl (C=O) groups excluding carboxylic acids is 1. The largest absolute Gasteiger partial charge is 0.339 e. The smallest absolute Gasteiger partial charge is 0.319 e. The van der Waals surface area contributed by atoms with Crippen molar-refractivity contribution in [2.24, 2.45) is 0 Å². The van der Waals surface area contributed by atoms with E-state index in [-0.39, 0.29) is 6.03 Å². The number of carbonyl (C=O) groups is 1. The van der Waals surface area contributed by atoms with Gasteiger partial charge >= 0.3 is 6.03 Å². The summed E-state index contributed by atoms with van der Waals surface area (Å²) in [6.07, 6.45) is 3.76. The predicted octanol–water partition coefficient (Wildman–Crippen LogP) is 5.20. The third-order valence-electron chi connectivity index (χ3n) is 5.33. The van der Waals surface area contributed by atoms with Crippen molar-refractivity contribution in [2.45, 2.75) is 13.0 Å². The van der Waals surface area contributed by atoms with Gasteiger partial charge in [-0.2, -0.15) is 4.98 Å². The number of nitrogens with zero attached hydrogens (tertiary/aromatic N) is 3. The van der Waals surface area contributed by atoms with Crippen LogP contribution in [0.4, 0.5) is 10.5 Å². The second kappa shape index (κ2) is 9.32. The molecule has 2 amide bonds. The molecule has 0 bridgehead atoms. The van der Waals surface area contributed by atoms with Crippen molar-refractivity contribution in [3.63, 3.8) is 0 Å². The van der Waals surface area contributed by atoms with Crippen molar-refractivity contribution in [3.05, 3.63) is 108 Å². The zero-order valence-corrected chi connectivity index (χ0v) is 17.7. The quantitative estimate of drug-likeness (QED) is 0.383. The van der Waals surface area contributed by atoms with E-state index in [1.54, 1.807) is 12.4 Å². The number of benzene rings is 3. The number of amides is 2. The Hall–Kier alpha value is -4.52. The van der Waals surface area contributed by atoms with Crippen molar-refractivity contribution >= 4 is 22.5 Å². The molecule has 2 aromatic heterocycles. The van der Waals surface area contributed by atoms with E-state index in [1.165, 1.54) is 0 Å². The number of hydrogen-bond acceptors (Lipinski definition) is 5. The number of urea groups is 1. The number of aromatic nitrogens is 3. The van der Waals surface area contributed by atoms with Crippen molar-refractivity contribution in [1.29, 1.82) is 0 Å². The Labute approximate surface area is 190 Å². The Morgan fingerprint density at radius 3 is 2.52 bits per heavy atom. The third-order valence-corrected chi connectivity index (χ3v) is 5.33. The first kappa shape index (κ1) is 20.4. The molecule has 7 nitrogen and oxygen atoms in total. The highest BCUT2D eigenvalue weighted by Crippen LogP contribution is 2.21. The van der Waals surface area contributed by atoms with Gasteiger partial charge in [0.25, 0.3) is 0 Å². The van der Waals surface area contributed by atoms with Gasteiger partial charge in [-0.05, 0) is 40.1 Å². The van der Waals surface area contributed by atoms with Gasteiger partial charge in [0.2, 0.25) is 11.7 Å². The van der Waals surface area contributed by atoms with Gasteiger partial charge in [0, 0.05) is 30.2 Å². The van der Waals surface area contributed by atoms with Crippen LogP contribution >= 0.6 is 0 Å². The second-order valence-corrected chi connectivity index (χ2v) is 7.53. The van der Waals surface area contributed by atoms with Crippen LogP contribution in [0.2, 0.25) is 0 Å². The minimum Gasteiger partial charge on any atom is -0.339 e. The number of para-hydroxylation sites is 1. The van der Waals surface area contributed by atoms with Gasteiger partial charge in [-0.1, -0.05) is 65.8 Å². The van der Waals surface area contributed by atoms with Crippen LogP contribution in [0.25, 0.3) is 22.2 Å². The van der Waals surface area contributed by atoms with E-state index < -0.39 is 0 Å². The first-order valence-electron chi connectivity index (χ1n) is 10.6. The Balaban J connectivity index is 1.26. The predicted molar refractivity (Wildman–Crippen MR) is 127 cm³/mol. The van der Waals surface area contributed by atoms with Crippen LogP contribution in [-0.4, -0.2) is 21.2 Å². The summed E-state index contributed by atoms with van der Waals surface area (Å²) < 4.78 is 5.42. The summed E-state index contributed by atoms with van der Waals surface area (Å²) in [4.78, 5) is 21.1. The number of nitrogens with one attached hydrogen (secondary N) is 2. The second-order valence-electron chi connectivity index (χ2n) is 7.53. The van der Waals surface area contributed by atoms with Gasteiger partial charge < -0.3 is 15.2 Å². The minimum absolute atomic E-state index is 0.279. The monoisotopic (exact) mass is 435 g/mol. The fraction of sp³-hybridized carbons (Fsp3) is 0.0769. The maximum Gasteiger partial charge on any atom is 0.319 e. The summed E-state index contributed by atoms with van der Waals surface area (Å²) in [5, 5.41) is 12.2. The number of hydrogen-bond donors (Lipinski definition) is 2. The summed E-state index contributed by atoms with van der Waals surface area (Å²) in [6, 6.07) is 25.1. The van der Waals surface area contributed by atoms with Crippen molar-refractivity contribution < 1.29 is 9.32 Å². The van der Waals surface area contributed by atoms with Gasteiger partial charge in [-0.25, -0.2) is 4.79 Å². The van der Waals surface area contributed by atoms with E-state index in [2.05, 4.69) is 44.0 Å². The van der Waals surface area contributed by atoms with Crippen LogP contribution < -0.4 is 10.6 Å². The van der Waals surface area contributed by atoms with E-state index in [0.717, 1.165) is 27.5 Å². The lowest BCUT2D eigenvalue weighted by Gasteiger charge is -2.12. The van der Waals surface area contributed by atoms with E-state index in [4.69, 9.17) is 4.52 Å². The summed E-state index contributed by atoms with van der Waals surface area (Å²) in [5.74, 6) is 0.970. The number of rotatable bonds is 6. The standard InChI is InChI=1S/C26H21N5O2/c32-26(28-17-21-9-5-8-18-6-1-3-10-22(18)21)29-23-11-4-2-7-20(23)16-24-30-25(31-33-24)19-12-14-27-15-13-19/h1-15H,16-17H2,(H2,28,29,32). The first-order valence-corrected chi connectivity index (χ1v) is 10.6. The Morgan fingerprint density at radius 1 is 0.848 bits per heavy atom. The van der Waals surface area contributed by atoms with Crippen LogP contribution in [-0.2, 0) is 13.0 Å². The van der Waals surface area contributed by atoms with Crippen molar-refractivity contribution in [3.8, 4) is 11.4 Å². The fourth-order valence-electron chi connectivity index (χ4n) is 3.69. The van der Waals surface area contributed by atoms with Gasteiger partial charge in [0.05, 0.1) is 6.42 Å². The number of anilines is 1. The lowest BCUT2D eigenvalue weighted by Crippen LogP contribution is -2.28. The molecule has 5 aromatic rings. The average molecular weight is 435 g/mol. The molecule has 2 heterocycles. The molecule has 7 heteroatoms. The summed E-state index contributed by atoms with van der Waals surface area (Å²) in [5.41, 5.74) is 3.46. The highest BCUT2D eigenvalue weighted by Gasteiger charge is 2.13. The van der Waals surface area contributed by atoms with Crippen LogP contribution in [0.3, 0.4) is 0 Å². The van der Waals surface area contributed by atoms with Gasteiger partial charge in [-0.3, -0.25) is 4.98 Å². The van der Waals surface area contributed by atoms with E-state index in [1.807, 2.05) is 60.7 Å². The lowest BCUT2D eigenvalue weighted by atomic mass is 10.0. The molecule has 33 heavy (non-hydrogen) atoms. The molecule has 0 fully saturated rings. The van der Waals surface area contributed by atoms with Crippen LogP contribution in [0.5, 0.6) is 0 Å². The zero-order valence-electron chi connectivity index (χ0n) is 17.7. The Kier molecular flexibility index (Phi) is 5.75. The maximum atomic E-state index is 12.6. The number of pyridine rings is 1. The molecule has 0 saturated carbocycles. The molecule has 0 spiro atoms. The molecule has 5 rings (SSSR count). The van der Waals surface area contributed by atoms with Crippen molar-refractivity contribution in [1.82, 2.24) is 20.4 Å². The highest BCUT2D eigenvalue weighted by atomic mass is 16.5. The summed E-state index contributed by atoms with van der Waals surface area (Å²) >= 11 is 0. The molecule has 0 aliphatic heterocycles. The normalized spacial score (nSPS) is 10.8. The number of fused-ring (bicyclic) bond motifs is 1. The Bertz CT molecular complexity index is 1390. The van der Waals surface area contributed by atoms with Crippen LogP contribution in [0.15, 0.2) is 95.8 Å². The molecular weight excluding hydrogens is 414 g/mol. The first-order chi connectivity index (χ1) is 16.3. The van der Waals surface area contributed by atoms with E-state index in [9.17, 15) is 4.79 Å². The lowest BCUT2D eigenvalue weighted by molar-refractivity contribution is 0.251. The highest BCUT2D eigenvalue weighted by molar-refractivity contribution is 5.91. The van der Waals surface area contributed by atoms with Gasteiger partial charge in [0.15, 0.2) is 0 Å². The van der Waals surface area contributed by atoms with E-state index >= 15 is 0 Å². The van der Waals surface area contributed by atoms with Crippen molar-refractivity contribution in [2.75, 3.05) is 5.32 Å².